The lowest BCUT2D eigenvalue weighted by Gasteiger charge is -2.23. The van der Waals surface area contributed by atoms with Crippen LogP contribution in [-0.2, 0) is 9.47 Å². The first-order chi connectivity index (χ1) is 7.70. The van der Waals surface area contributed by atoms with E-state index in [1.54, 1.807) is 18.4 Å². The van der Waals surface area contributed by atoms with Gasteiger partial charge < -0.3 is 15.2 Å². The summed E-state index contributed by atoms with van der Waals surface area (Å²) in [5.41, 5.74) is 7.36. The van der Waals surface area contributed by atoms with Crippen molar-refractivity contribution in [2.45, 2.75) is 32.4 Å². The van der Waals surface area contributed by atoms with Crippen LogP contribution in [0.15, 0.2) is 11.4 Å². The highest BCUT2D eigenvalue weighted by Crippen LogP contribution is 2.29. The van der Waals surface area contributed by atoms with E-state index in [1.807, 2.05) is 0 Å². The summed E-state index contributed by atoms with van der Waals surface area (Å²) in [6, 6.07) is 2.16. The summed E-state index contributed by atoms with van der Waals surface area (Å²) in [4.78, 5) is 1.24. The first-order valence-electron chi connectivity index (χ1n) is 5.60. The Labute approximate surface area is 102 Å². The second-order valence-electron chi connectivity index (χ2n) is 3.82. The van der Waals surface area contributed by atoms with E-state index >= 15 is 0 Å². The average molecular weight is 243 g/mol. The standard InChI is InChI=1S/C12H21NO2S/c1-4-10(13)11(15-7-6-14-3)12-9(2)5-8-16-12/h5,8,10-11H,4,6-7,13H2,1-3H3. The Hall–Kier alpha value is -0.420. The molecular formula is C12H21NO2S. The molecule has 0 aromatic carbocycles. The SMILES string of the molecule is CCC(N)C(OCCOC)c1sccc1C. The number of hydrogen-bond donors (Lipinski definition) is 1. The quantitative estimate of drug-likeness (QED) is 0.748. The van der Waals surface area contributed by atoms with Crippen molar-refractivity contribution in [2.75, 3.05) is 20.3 Å². The average Bonchev–Trinajstić information content (AvgIpc) is 2.70. The Balaban J connectivity index is 2.68. The molecule has 92 valence electrons. The summed E-state index contributed by atoms with van der Waals surface area (Å²) in [5, 5.41) is 2.08. The van der Waals surface area contributed by atoms with Crippen molar-refractivity contribution < 1.29 is 9.47 Å². The molecule has 0 aliphatic carbocycles. The molecule has 1 heterocycles. The maximum absolute atomic E-state index is 6.10. The zero-order valence-corrected chi connectivity index (χ0v) is 11.0. The van der Waals surface area contributed by atoms with Gasteiger partial charge in [0.25, 0.3) is 0 Å². The smallest absolute Gasteiger partial charge is 0.107 e. The molecule has 1 aromatic heterocycles. The second kappa shape index (κ2) is 7.01. The molecule has 0 amide bonds. The number of aryl methyl sites for hydroxylation is 1. The molecule has 4 heteroatoms. The molecule has 1 aromatic rings. The number of thiophene rings is 1. The van der Waals surface area contributed by atoms with Gasteiger partial charge in [-0.3, -0.25) is 0 Å². The minimum absolute atomic E-state index is 0.000139. The van der Waals surface area contributed by atoms with Gasteiger partial charge >= 0.3 is 0 Å². The highest BCUT2D eigenvalue weighted by Gasteiger charge is 2.21. The molecule has 0 bridgehead atoms. The molecule has 1 rings (SSSR count). The summed E-state index contributed by atoms with van der Waals surface area (Å²) in [5.74, 6) is 0. The van der Waals surface area contributed by atoms with Crippen molar-refractivity contribution in [3.05, 3.63) is 21.9 Å². The van der Waals surface area contributed by atoms with Crippen LogP contribution in [0.3, 0.4) is 0 Å². The number of ether oxygens (including phenoxy) is 2. The fourth-order valence-corrected chi connectivity index (χ4v) is 2.59. The molecule has 2 unspecified atom stereocenters. The van der Waals surface area contributed by atoms with E-state index in [1.165, 1.54) is 10.4 Å². The third kappa shape index (κ3) is 3.56. The summed E-state index contributed by atoms with van der Waals surface area (Å²) in [7, 11) is 1.68. The van der Waals surface area contributed by atoms with Crippen LogP contribution in [0.2, 0.25) is 0 Å². The second-order valence-corrected chi connectivity index (χ2v) is 4.77. The van der Waals surface area contributed by atoms with Crippen molar-refractivity contribution in [3.8, 4) is 0 Å². The summed E-state index contributed by atoms with van der Waals surface area (Å²) in [6.07, 6.45) is 0.912. The Morgan fingerprint density at radius 3 is 2.69 bits per heavy atom. The predicted molar refractivity (Wildman–Crippen MR) is 67.9 cm³/mol. The van der Waals surface area contributed by atoms with Crippen molar-refractivity contribution >= 4 is 11.3 Å². The van der Waals surface area contributed by atoms with E-state index in [2.05, 4.69) is 25.3 Å². The molecule has 0 aliphatic heterocycles. The Kier molecular flexibility index (Phi) is 5.98. The first-order valence-corrected chi connectivity index (χ1v) is 6.48. The fraction of sp³-hybridized carbons (Fsp3) is 0.667. The van der Waals surface area contributed by atoms with Crippen molar-refractivity contribution in [1.82, 2.24) is 0 Å². The van der Waals surface area contributed by atoms with E-state index in [4.69, 9.17) is 15.2 Å². The Morgan fingerprint density at radius 1 is 1.44 bits per heavy atom. The lowest BCUT2D eigenvalue weighted by atomic mass is 10.1. The van der Waals surface area contributed by atoms with Gasteiger partial charge in [0.05, 0.1) is 13.2 Å². The van der Waals surface area contributed by atoms with Gasteiger partial charge in [-0.2, -0.15) is 0 Å². The van der Waals surface area contributed by atoms with Crippen LogP contribution in [0.4, 0.5) is 0 Å². The molecule has 0 spiro atoms. The summed E-state index contributed by atoms with van der Waals surface area (Å²) in [6.45, 7) is 5.38. The monoisotopic (exact) mass is 243 g/mol. The van der Waals surface area contributed by atoms with Crippen LogP contribution in [-0.4, -0.2) is 26.4 Å². The number of methoxy groups -OCH3 is 1. The van der Waals surface area contributed by atoms with Gasteiger partial charge in [0.2, 0.25) is 0 Å². The first kappa shape index (κ1) is 13.6. The Bertz CT molecular complexity index is 301. The van der Waals surface area contributed by atoms with Crippen molar-refractivity contribution in [3.63, 3.8) is 0 Å². The number of hydrogen-bond acceptors (Lipinski definition) is 4. The third-order valence-corrected chi connectivity index (χ3v) is 3.69. The molecule has 0 saturated carbocycles. The molecule has 0 radical (unpaired) electrons. The van der Waals surface area contributed by atoms with Gasteiger partial charge in [0.1, 0.15) is 6.10 Å². The zero-order chi connectivity index (χ0) is 12.0. The molecule has 0 aliphatic rings. The number of nitrogens with two attached hydrogens (primary N) is 1. The van der Waals surface area contributed by atoms with Gasteiger partial charge in [-0.15, -0.1) is 11.3 Å². The molecule has 2 atom stereocenters. The third-order valence-electron chi connectivity index (χ3n) is 2.61. The minimum atomic E-state index is 0.000139. The molecular weight excluding hydrogens is 222 g/mol. The molecule has 16 heavy (non-hydrogen) atoms. The largest absolute Gasteiger partial charge is 0.382 e. The van der Waals surface area contributed by atoms with Gasteiger partial charge in [0.15, 0.2) is 0 Å². The highest BCUT2D eigenvalue weighted by molar-refractivity contribution is 7.10. The van der Waals surface area contributed by atoms with Gasteiger partial charge in [-0.05, 0) is 30.4 Å². The minimum Gasteiger partial charge on any atom is -0.382 e. The van der Waals surface area contributed by atoms with E-state index in [0.29, 0.717) is 13.2 Å². The number of rotatable bonds is 7. The predicted octanol–water partition coefficient (Wildman–Crippen LogP) is 2.50. The lowest BCUT2D eigenvalue weighted by Crippen LogP contribution is -2.30. The van der Waals surface area contributed by atoms with E-state index in [-0.39, 0.29) is 12.1 Å². The topological polar surface area (TPSA) is 44.5 Å². The summed E-state index contributed by atoms with van der Waals surface area (Å²) >= 11 is 1.71. The molecule has 0 fully saturated rings. The summed E-state index contributed by atoms with van der Waals surface area (Å²) < 4.78 is 10.8. The van der Waals surface area contributed by atoms with Crippen LogP contribution >= 0.6 is 11.3 Å². The van der Waals surface area contributed by atoms with Crippen molar-refractivity contribution in [1.29, 1.82) is 0 Å². The van der Waals surface area contributed by atoms with Crippen LogP contribution in [0.25, 0.3) is 0 Å². The maximum atomic E-state index is 6.10. The molecule has 2 N–H and O–H groups in total. The van der Waals surface area contributed by atoms with Crippen LogP contribution < -0.4 is 5.73 Å². The zero-order valence-electron chi connectivity index (χ0n) is 10.2. The maximum Gasteiger partial charge on any atom is 0.107 e. The van der Waals surface area contributed by atoms with E-state index in [0.717, 1.165) is 6.42 Å². The highest BCUT2D eigenvalue weighted by atomic mass is 32.1. The normalized spacial score (nSPS) is 15.0. The van der Waals surface area contributed by atoms with E-state index in [9.17, 15) is 0 Å². The van der Waals surface area contributed by atoms with E-state index < -0.39 is 0 Å². The lowest BCUT2D eigenvalue weighted by molar-refractivity contribution is 0.00427. The van der Waals surface area contributed by atoms with Gasteiger partial charge in [-0.25, -0.2) is 0 Å². The van der Waals surface area contributed by atoms with Crippen LogP contribution in [0.1, 0.15) is 29.9 Å². The molecule has 0 saturated heterocycles. The molecule has 3 nitrogen and oxygen atoms in total. The van der Waals surface area contributed by atoms with Crippen LogP contribution in [0, 0.1) is 6.92 Å². The van der Waals surface area contributed by atoms with Gasteiger partial charge in [-0.1, -0.05) is 6.92 Å². The fourth-order valence-electron chi connectivity index (χ4n) is 1.54. The van der Waals surface area contributed by atoms with Crippen molar-refractivity contribution in [2.24, 2.45) is 5.73 Å². The van der Waals surface area contributed by atoms with Gasteiger partial charge in [0, 0.05) is 18.0 Å². The Morgan fingerprint density at radius 2 is 2.19 bits per heavy atom. The van der Waals surface area contributed by atoms with Crippen LogP contribution in [0.5, 0.6) is 0 Å².